The zero-order valence-corrected chi connectivity index (χ0v) is 15.4. The zero-order valence-electron chi connectivity index (χ0n) is 14.6. The van der Waals surface area contributed by atoms with Gasteiger partial charge in [0.2, 0.25) is 0 Å². The van der Waals surface area contributed by atoms with Gasteiger partial charge in [-0.15, -0.1) is 0 Å². The predicted molar refractivity (Wildman–Crippen MR) is 87.5 cm³/mol. The van der Waals surface area contributed by atoms with E-state index in [4.69, 9.17) is 4.74 Å². The van der Waals surface area contributed by atoms with Gasteiger partial charge in [0.25, 0.3) is 6.43 Å². The van der Waals surface area contributed by atoms with Crippen LogP contribution < -0.4 is 4.72 Å². The van der Waals surface area contributed by atoms with E-state index in [1.165, 1.54) is 0 Å². The number of esters is 1. The monoisotopic (exact) mass is 353 g/mol. The van der Waals surface area contributed by atoms with Crippen LogP contribution in [0.1, 0.15) is 60.3 Å². The van der Waals surface area contributed by atoms with Gasteiger partial charge in [0.05, 0.1) is 33.8 Å². The quantitative estimate of drug-likeness (QED) is 0.744. The molecule has 136 valence electrons. The Bertz CT molecular complexity index is 416. The van der Waals surface area contributed by atoms with Gasteiger partial charge in [-0.3, -0.25) is 4.79 Å². The molecule has 0 aromatic rings. The molecule has 0 bridgehead atoms. The van der Waals surface area contributed by atoms with Crippen molar-refractivity contribution in [2.45, 2.75) is 83.6 Å². The van der Waals surface area contributed by atoms with E-state index in [1.807, 2.05) is 0 Å². The molecule has 1 N–H and O–H groups in total. The minimum absolute atomic E-state index is 0.162. The van der Waals surface area contributed by atoms with Crippen LogP contribution in [0.25, 0.3) is 0 Å². The van der Waals surface area contributed by atoms with Gasteiger partial charge in [0, 0.05) is 0 Å². The summed E-state index contributed by atoms with van der Waals surface area (Å²) in [7, 11) is -1.54. The van der Waals surface area contributed by atoms with Crippen molar-refractivity contribution in [2.75, 3.05) is 0 Å². The number of nitrogens with one attached hydrogen (secondary N) is 1. The number of alkyl halides is 2. The maximum Gasteiger partial charge on any atom is 0.309 e. The second kappa shape index (κ2) is 8.51. The van der Waals surface area contributed by atoms with E-state index in [-0.39, 0.29) is 23.9 Å². The second-order valence-electron chi connectivity index (χ2n) is 7.46. The molecule has 0 aromatic carbocycles. The number of rotatable bonds is 6. The first-order valence-corrected chi connectivity index (χ1v) is 9.34. The van der Waals surface area contributed by atoms with Crippen molar-refractivity contribution in [1.82, 2.24) is 4.72 Å². The summed E-state index contributed by atoms with van der Waals surface area (Å²) in [5.41, 5.74) is 0. The molecule has 7 heteroatoms. The van der Waals surface area contributed by atoms with E-state index < -0.39 is 28.2 Å². The molecule has 0 unspecified atom stereocenters. The normalized spacial score (nSPS) is 25.4. The Balaban J connectivity index is 2.61. The smallest absolute Gasteiger partial charge is 0.309 e. The van der Waals surface area contributed by atoms with Crippen LogP contribution in [0.3, 0.4) is 0 Å². The molecule has 1 saturated carbocycles. The minimum Gasteiger partial charge on any atom is -0.463 e. The average Bonchev–Trinajstić information content (AvgIpc) is 2.42. The molecule has 0 radical (unpaired) electrons. The molecule has 0 heterocycles. The van der Waals surface area contributed by atoms with E-state index in [0.29, 0.717) is 25.7 Å². The van der Waals surface area contributed by atoms with Crippen LogP contribution in [0.5, 0.6) is 0 Å². The predicted octanol–water partition coefficient (Wildman–Crippen LogP) is 3.43. The molecule has 1 aliphatic carbocycles. The third kappa shape index (κ3) is 6.45. The number of carbonyl (C=O) groups excluding carboxylic acids is 1. The van der Waals surface area contributed by atoms with Gasteiger partial charge >= 0.3 is 5.97 Å². The molecule has 0 amide bonds. The Labute approximate surface area is 140 Å². The van der Waals surface area contributed by atoms with Crippen LogP contribution in [-0.2, 0) is 20.5 Å². The number of hydrogen-bond donors (Lipinski definition) is 1. The van der Waals surface area contributed by atoms with Gasteiger partial charge in [0.15, 0.2) is 0 Å². The van der Waals surface area contributed by atoms with E-state index >= 15 is 0 Å². The highest BCUT2D eigenvalue weighted by Crippen LogP contribution is 2.34. The lowest BCUT2D eigenvalue weighted by molar-refractivity contribution is -0.154. The molecule has 0 aliphatic heterocycles. The fourth-order valence-electron chi connectivity index (χ4n) is 2.70. The maximum absolute atomic E-state index is 13.4. The summed E-state index contributed by atoms with van der Waals surface area (Å²) in [6.45, 7) is 8.83. The Morgan fingerprint density at radius 1 is 1.17 bits per heavy atom. The van der Waals surface area contributed by atoms with Gasteiger partial charge < -0.3 is 4.74 Å². The molecule has 0 saturated heterocycles. The Kier molecular flexibility index (Phi) is 7.58. The molecule has 1 rings (SSSR count). The highest BCUT2D eigenvalue weighted by atomic mass is 32.2. The van der Waals surface area contributed by atoms with E-state index in [2.05, 4.69) is 4.72 Å². The van der Waals surface area contributed by atoms with Crippen molar-refractivity contribution in [1.29, 1.82) is 0 Å². The van der Waals surface area contributed by atoms with Gasteiger partial charge in [0.1, 0.15) is 0 Å². The standard InChI is InChI=1S/C16H29F2NO3S/c1-10(2)22-15(20)12-8-6-11(7-9-12)13(14(17)18)19-23(21)16(3,4)5/h10-14,19H,6-9H2,1-5H3/t11?,12?,13-,23-/m0/s1. The molecule has 1 fully saturated rings. The van der Waals surface area contributed by atoms with E-state index in [0.717, 1.165) is 0 Å². The van der Waals surface area contributed by atoms with E-state index in [9.17, 15) is 17.8 Å². The largest absolute Gasteiger partial charge is 0.463 e. The molecule has 4 nitrogen and oxygen atoms in total. The Morgan fingerprint density at radius 2 is 1.70 bits per heavy atom. The van der Waals surface area contributed by atoms with Gasteiger partial charge in [-0.1, -0.05) is 0 Å². The maximum atomic E-state index is 13.4. The lowest BCUT2D eigenvalue weighted by Gasteiger charge is -2.34. The number of halogens is 2. The van der Waals surface area contributed by atoms with Gasteiger partial charge in [-0.05, 0) is 66.2 Å². The summed E-state index contributed by atoms with van der Waals surface area (Å²) in [5, 5.41) is 0. The summed E-state index contributed by atoms with van der Waals surface area (Å²) in [5.74, 6) is -0.720. The average molecular weight is 353 g/mol. The number of carbonyl (C=O) groups is 1. The molecular weight excluding hydrogens is 324 g/mol. The third-order valence-corrected chi connectivity index (χ3v) is 5.63. The molecular formula is C16H29F2NO3S. The van der Waals surface area contributed by atoms with Crippen LogP contribution in [0.4, 0.5) is 8.78 Å². The second-order valence-corrected chi connectivity index (χ2v) is 9.45. The Hall–Kier alpha value is -0.560. The first-order chi connectivity index (χ1) is 10.5. The van der Waals surface area contributed by atoms with Crippen molar-refractivity contribution < 1.29 is 22.5 Å². The van der Waals surface area contributed by atoms with E-state index in [1.54, 1.807) is 34.6 Å². The molecule has 0 aromatic heterocycles. The van der Waals surface area contributed by atoms with Crippen LogP contribution >= 0.6 is 0 Å². The lowest BCUT2D eigenvalue weighted by Crippen LogP contribution is -2.48. The zero-order chi connectivity index (χ0) is 17.8. The highest BCUT2D eigenvalue weighted by Gasteiger charge is 2.37. The first kappa shape index (κ1) is 20.5. The molecule has 0 spiro atoms. The number of hydrogen-bond acceptors (Lipinski definition) is 3. The topological polar surface area (TPSA) is 55.4 Å². The van der Waals surface area contributed by atoms with Crippen LogP contribution in [0, 0.1) is 11.8 Å². The van der Waals surface area contributed by atoms with Crippen LogP contribution in [0.2, 0.25) is 0 Å². The summed E-state index contributed by atoms with van der Waals surface area (Å²) >= 11 is 0. The lowest BCUT2D eigenvalue weighted by atomic mass is 9.79. The van der Waals surface area contributed by atoms with Crippen molar-refractivity contribution in [3.63, 3.8) is 0 Å². The van der Waals surface area contributed by atoms with Crippen molar-refractivity contribution in [3.05, 3.63) is 0 Å². The van der Waals surface area contributed by atoms with Crippen molar-refractivity contribution >= 4 is 17.0 Å². The fraction of sp³-hybridized carbons (Fsp3) is 0.938. The van der Waals surface area contributed by atoms with Crippen LogP contribution in [0.15, 0.2) is 0 Å². The van der Waals surface area contributed by atoms with Crippen LogP contribution in [-0.4, -0.2) is 33.5 Å². The summed E-state index contributed by atoms with van der Waals surface area (Å²) < 4.78 is 46.1. The molecule has 1 aliphatic rings. The summed E-state index contributed by atoms with van der Waals surface area (Å²) in [6.07, 6.45) is -0.620. The van der Waals surface area contributed by atoms with Crippen molar-refractivity contribution in [2.24, 2.45) is 11.8 Å². The number of ether oxygens (including phenoxy) is 1. The Morgan fingerprint density at radius 3 is 2.09 bits per heavy atom. The minimum atomic E-state index is -2.58. The molecule has 2 atom stereocenters. The SMILES string of the molecule is CC(C)OC(=O)C1CCC([C@H](N[S@@](=O)C(C)(C)C)C(F)F)CC1. The highest BCUT2D eigenvalue weighted by molar-refractivity contribution is 7.84. The summed E-state index contributed by atoms with van der Waals surface area (Å²) in [6, 6.07) is -1.10. The summed E-state index contributed by atoms with van der Waals surface area (Å²) in [4.78, 5) is 11.9. The fourth-order valence-corrected chi connectivity index (χ4v) is 3.59. The van der Waals surface area contributed by atoms with Gasteiger partial charge in [-0.2, -0.15) is 0 Å². The third-order valence-electron chi connectivity index (χ3n) is 4.04. The van der Waals surface area contributed by atoms with Crippen molar-refractivity contribution in [3.8, 4) is 0 Å². The molecule has 23 heavy (non-hydrogen) atoms. The van der Waals surface area contributed by atoms with Gasteiger partial charge in [-0.25, -0.2) is 17.7 Å². The first-order valence-electron chi connectivity index (χ1n) is 8.19.